The summed E-state index contributed by atoms with van der Waals surface area (Å²) in [6.45, 7) is 10.4. The largest absolute Gasteiger partial charge is 0.494 e. The first-order chi connectivity index (χ1) is 13.4. The first-order valence-corrected chi connectivity index (χ1v) is 10.2. The van der Waals surface area contributed by atoms with Gasteiger partial charge in [-0.2, -0.15) is 0 Å². The fourth-order valence-corrected chi connectivity index (χ4v) is 3.73. The SMILES string of the molecule is CCOc1ccc(-n2nnc(-c3nc(C)c(C(=O)N[C@H](C)CC)s3)c2C)cc1. The van der Waals surface area contributed by atoms with Crippen molar-refractivity contribution in [2.45, 2.75) is 47.1 Å². The van der Waals surface area contributed by atoms with Crippen molar-refractivity contribution in [1.29, 1.82) is 0 Å². The summed E-state index contributed by atoms with van der Waals surface area (Å²) in [5.41, 5.74) is 3.15. The van der Waals surface area contributed by atoms with Gasteiger partial charge in [0.05, 0.1) is 23.7 Å². The molecular weight excluding hydrogens is 374 g/mol. The number of benzene rings is 1. The number of aryl methyl sites for hydroxylation is 1. The molecule has 0 aliphatic heterocycles. The lowest BCUT2D eigenvalue weighted by molar-refractivity contribution is 0.0942. The molecular formula is C20H25N5O2S. The lowest BCUT2D eigenvalue weighted by Crippen LogP contribution is -2.31. The van der Waals surface area contributed by atoms with E-state index in [4.69, 9.17) is 4.74 Å². The summed E-state index contributed by atoms with van der Waals surface area (Å²) in [6, 6.07) is 7.82. The van der Waals surface area contributed by atoms with Gasteiger partial charge in [0.1, 0.15) is 21.3 Å². The number of carbonyl (C=O) groups excluding carboxylic acids is 1. The van der Waals surface area contributed by atoms with Gasteiger partial charge in [0.25, 0.3) is 5.91 Å². The van der Waals surface area contributed by atoms with Gasteiger partial charge in [0, 0.05) is 6.04 Å². The first kappa shape index (κ1) is 20.0. The summed E-state index contributed by atoms with van der Waals surface area (Å²) in [6.07, 6.45) is 0.881. The molecule has 0 saturated carbocycles. The van der Waals surface area contributed by atoms with Crippen LogP contribution in [0.4, 0.5) is 0 Å². The van der Waals surface area contributed by atoms with Crippen molar-refractivity contribution in [3.05, 3.63) is 40.5 Å². The van der Waals surface area contributed by atoms with E-state index in [2.05, 4.69) is 20.6 Å². The highest BCUT2D eigenvalue weighted by atomic mass is 32.1. The molecule has 0 saturated heterocycles. The van der Waals surface area contributed by atoms with E-state index in [0.717, 1.165) is 23.6 Å². The molecule has 0 radical (unpaired) electrons. The summed E-state index contributed by atoms with van der Waals surface area (Å²) < 4.78 is 7.25. The van der Waals surface area contributed by atoms with Crippen molar-refractivity contribution in [1.82, 2.24) is 25.3 Å². The predicted molar refractivity (Wildman–Crippen MR) is 110 cm³/mol. The number of carbonyl (C=O) groups is 1. The Balaban J connectivity index is 1.88. The highest BCUT2D eigenvalue weighted by Crippen LogP contribution is 2.29. The van der Waals surface area contributed by atoms with Gasteiger partial charge in [-0.15, -0.1) is 16.4 Å². The van der Waals surface area contributed by atoms with Gasteiger partial charge in [-0.3, -0.25) is 4.79 Å². The molecule has 0 unspecified atom stereocenters. The van der Waals surface area contributed by atoms with Crippen molar-refractivity contribution < 1.29 is 9.53 Å². The van der Waals surface area contributed by atoms with Crippen LogP contribution in [0, 0.1) is 13.8 Å². The van der Waals surface area contributed by atoms with Crippen molar-refractivity contribution in [3.8, 4) is 22.1 Å². The van der Waals surface area contributed by atoms with E-state index in [1.54, 1.807) is 4.68 Å². The molecule has 3 rings (SSSR count). The number of rotatable bonds is 7. The van der Waals surface area contributed by atoms with Gasteiger partial charge in [-0.1, -0.05) is 12.1 Å². The molecule has 2 heterocycles. The second-order valence-corrected chi connectivity index (χ2v) is 7.58. The van der Waals surface area contributed by atoms with Crippen LogP contribution in [0.3, 0.4) is 0 Å². The summed E-state index contributed by atoms with van der Waals surface area (Å²) in [7, 11) is 0. The number of aromatic nitrogens is 4. The maximum atomic E-state index is 12.5. The summed E-state index contributed by atoms with van der Waals surface area (Å²) in [5, 5.41) is 12.3. The van der Waals surface area contributed by atoms with E-state index in [1.807, 2.05) is 58.9 Å². The van der Waals surface area contributed by atoms with Gasteiger partial charge in [0.15, 0.2) is 0 Å². The smallest absolute Gasteiger partial charge is 0.263 e. The van der Waals surface area contributed by atoms with Gasteiger partial charge >= 0.3 is 0 Å². The van der Waals surface area contributed by atoms with E-state index in [1.165, 1.54) is 11.3 Å². The zero-order chi connectivity index (χ0) is 20.3. The van der Waals surface area contributed by atoms with Crippen LogP contribution >= 0.6 is 11.3 Å². The number of amides is 1. The maximum Gasteiger partial charge on any atom is 0.263 e. The highest BCUT2D eigenvalue weighted by molar-refractivity contribution is 7.17. The average molecular weight is 400 g/mol. The van der Waals surface area contributed by atoms with Gasteiger partial charge in [-0.05, 0) is 58.4 Å². The maximum absolute atomic E-state index is 12.5. The quantitative estimate of drug-likeness (QED) is 0.651. The molecule has 1 atom stereocenters. The molecule has 7 nitrogen and oxygen atoms in total. The van der Waals surface area contributed by atoms with Crippen LogP contribution in [0.5, 0.6) is 5.75 Å². The van der Waals surface area contributed by atoms with Gasteiger partial charge in [-0.25, -0.2) is 9.67 Å². The van der Waals surface area contributed by atoms with E-state index in [0.29, 0.717) is 27.9 Å². The molecule has 0 spiro atoms. The molecule has 0 bridgehead atoms. The van der Waals surface area contributed by atoms with Crippen LogP contribution in [0.25, 0.3) is 16.4 Å². The van der Waals surface area contributed by atoms with E-state index in [9.17, 15) is 4.79 Å². The molecule has 3 aromatic rings. The van der Waals surface area contributed by atoms with Crippen LogP contribution in [0.15, 0.2) is 24.3 Å². The Hall–Kier alpha value is -2.74. The van der Waals surface area contributed by atoms with Crippen LogP contribution in [-0.2, 0) is 0 Å². The predicted octanol–water partition coefficient (Wildman–Crippen LogP) is 3.93. The molecule has 2 aromatic heterocycles. The fraction of sp³-hybridized carbons (Fsp3) is 0.400. The molecule has 1 amide bonds. The van der Waals surface area contributed by atoms with E-state index < -0.39 is 0 Å². The van der Waals surface area contributed by atoms with E-state index >= 15 is 0 Å². The van der Waals surface area contributed by atoms with Crippen LogP contribution < -0.4 is 10.1 Å². The third-order valence-electron chi connectivity index (χ3n) is 4.48. The number of nitrogens with one attached hydrogen (secondary N) is 1. The topological polar surface area (TPSA) is 81.9 Å². The molecule has 1 N–H and O–H groups in total. The molecule has 0 fully saturated rings. The first-order valence-electron chi connectivity index (χ1n) is 9.38. The monoisotopic (exact) mass is 399 g/mol. The normalized spacial score (nSPS) is 12.0. The number of ether oxygens (including phenoxy) is 1. The summed E-state index contributed by atoms with van der Waals surface area (Å²) >= 11 is 1.35. The van der Waals surface area contributed by atoms with Crippen molar-refractivity contribution in [2.24, 2.45) is 0 Å². The van der Waals surface area contributed by atoms with Gasteiger partial charge < -0.3 is 10.1 Å². The molecule has 0 aliphatic rings. The van der Waals surface area contributed by atoms with Crippen LogP contribution in [-0.4, -0.2) is 38.5 Å². The fourth-order valence-electron chi connectivity index (χ4n) is 2.72. The summed E-state index contributed by atoms with van der Waals surface area (Å²) in [4.78, 5) is 17.7. The number of hydrogen-bond acceptors (Lipinski definition) is 6. The van der Waals surface area contributed by atoms with Crippen LogP contribution in [0.2, 0.25) is 0 Å². The Kier molecular flexibility index (Phi) is 6.08. The minimum atomic E-state index is -0.0906. The van der Waals surface area contributed by atoms with Crippen molar-refractivity contribution in [2.75, 3.05) is 6.61 Å². The molecule has 0 aliphatic carbocycles. The minimum absolute atomic E-state index is 0.0906. The van der Waals surface area contributed by atoms with Crippen molar-refractivity contribution >= 4 is 17.2 Å². The second kappa shape index (κ2) is 8.52. The third-order valence-corrected chi connectivity index (χ3v) is 5.65. The highest BCUT2D eigenvalue weighted by Gasteiger charge is 2.21. The standard InChI is InChI=1S/C20H25N5O2S/c1-6-12(3)21-19(26)18-13(4)22-20(28-18)17-14(5)25(24-23-17)15-8-10-16(11-9-15)27-7-2/h8-12H,6-7H2,1-5H3,(H,21,26)/t12-/m1/s1. The van der Waals surface area contributed by atoms with Gasteiger partial charge in [0.2, 0.25) is 0 Å². The lowest BCUT2D eigenvalue weighted by atomic mass is 10.2. The Bertz CT molecular complexity index is 962. The zero-order valence-electron chi connectivity index (χ0n) is 16.8. The summed E-state index contributed by atoms with van der Waals surface area (Å²) in [5.74, 6) is 0.726. The Morgan fingerprint density at radius 2 is 1.96 bits per heavy atom. The average Bonchev–Trinajstić information content (AvgIpc) is 3.25. The van der Waals surface area contributed by atoms with E-state index in [-0.39, 0.29) is 11.9 Å². The zero-order valence-corrected chi connectivity index (χ0v) is 17.6. The Morgan fingerprint density at radius 1 is 1.25 bits per heavy atom. The number of nitrogens with zero attached hydrogens (tertiary/aromatic N) is 4. The molecule has 28 heavy (non-hydrogen) atoms. The molecule has 1 aromatic carbocycles. The minimum Gasteiger partial charge on any atom is -0.494 e. The third kappa shape index (κ3) is 4.06. The Labute approximate surface area is 168 Å². The van der Waals surface area contributed by atoms with Crippen molar-refractivity contribution in [3.63, 3.8) is 0 Å². The number of thiazole rings is 1. The number of hydrogen-bond donors (Lipinski definition) is 1. The molecule has 8 heteroatoms. The molecule has 148 valence electrons. The lowest BCUT2D eigenvalue weighted by Gasteiger charge is -2.09. The second-order valence-electron chi connectivity index (χ2n) is 6.58. The van der Waals surface area contributed by atoms with Crippen LogP contribution in [0.1, 0.15) is 48.3 Å². The Morgan fingerprint density at radius 3 is 2.61 bits per heavy atom.